The van der Waals surface area contributed by atoms with Gasteiger partial charge >= 0.3 is 0 Å². The van der Waals surface area contributed by atoms with E-state index in [1.807, 2.05) is 12.1 Å². The molecular weight excluding hydrogens is 479 g/mol. The van der Waals surface area contributed by atoms with Gasteiger partial charge in [0.25, 0.3) is 0 Å². The minimum absolute atomic E-state index is 0.142. The fourth-order valence-corrected chi connectivity index (χ4v) is 5.58. The summed E-state index contributed by atoms with van der Waals surface area (Å²) >= 11 is 6.39. The number of anilines is 1. The Morgan fingerprint density at radius 2 is 1.92 bits per heavy atom. The summed E-state index contributed by atoms with van der Waals surface area (Å²) in [7, 11) is 1.74. The summed E-state index contributed by atoms with van der Waals surface area (Å²) in [6.45, 7) is 7.48. The zero-order valence-electron chi connectivity index (χ0n) is 21.8. The average Bonchev–Trinajstić information content (AvgIpc) is 2.87. The van der Waals surface area contributed by atoms with Gasteiger partial charge in [0.15, 0.2) is 5.15 Å². The van der Waals surface area contributed by atoms with Gasteiger partial charge in [-0.15, -0.1) is 0 Å². The van der Waals surface area contributed by atoms with Crippen molar-refractivity contribution in [1.82, 2.24) is 15.3 Å². The number of nitrogens with one attached hydrogen (secondary N) is 2. The second-order valence-corrected chi connectivity index (χ2v) is 11.3. The van der Waals surface area contributed by atoms with Crippen LogP contribution in [0.2, 0.25) is 5.15 Å². The molecule has 1 saturated heterocycles. The van der Waals surface area contributed by atoms with Gasteiger partial charge in [0, 0.05) is 62.0 Å². The molecule has 3 heterocycles. The molecule has 0 amide bonds. The van der Waals surface area contributed by atoms with Gasteiger partial charge in [0.2, 0.25) is 0 Å². The Hall–Kier alpha value is -1.80. The third-order valence-corrected chi connectivity index (χ3v) is 8.05. The van der Waals surface area contributed by atoms with Crippen molar-refractivity contribution in [3.05, 3.63) is 41.2 Å². The molecule has 36 heavy (non-hydrogen) atoms. The number of aromatic nitrogens is 2. The molecule has 2 aromatic rings. The molecule has 0 unspecified atom stereocenters. The van der Waals surface area contributed by atoms with Crippen LogP contribution in [0.15, 0.2) is 24.5 Å². The average molecular weight is 519 g/mol. The molecule has 0 spiro atoms. The van der Waals surface area contributed by atoms with Gasteiger partial charge in [-0.1, -0.05) is 18.5 Å². The van der Waals surface area contributed by atoms with E-state index in [4.69, 9.17) is 21.1 Å². The summed E-state index contributed by atoms with van der Waals surface area (Å²) in [5.74, 6) is 0.220. The number of methoxy groups -OCH3 is 1. The number of pyridine rings is 2. The van der Waals surface area contributed by atoms with Gasteiger partial charge in [0.1, 0.15) is 5.82 Å². The van der Waals surface area contributed by atoms with Gasteiger partial charge in [-0.25, -0.2) is 9.37 Å². The zero-order chi connectivity index (χ0) is 25.5. The molecule has 1 saturated carbocycles. The lowest BCUT2D eigenvalue weighted by Gasteiger charge is -2.34. The number of nitrogens with zero attached hydrogens (tertiary/aromatic N) is 2. The molecule has 4 rings (SSSR count). The van der Waals surface area contributed by atoms with E-state index in [2.05, 4.69) is 34.4 Å². The van der Waals surface area contributed by atoms with Crippen LogP contribution in [0, 0.1) is 17.2 Å². The highest BCUT2D eigenvalue weighted by Gasteiger charge is 2.27. The van der Waals surface area contributed by atoms with E-state index in [-0.39, 0.29) is 11.2 Å². The van der Waals surface area contributed by atoms with E-state index in [1.54, 1.807) is 13.3 Å². The van der Waals surface area contributed by atoms with Crippen LogP contribution in [0.4, 0.5) is 10.1 Å². The Kier molecular flexibility index (Phi) is 9.56. The Labute approximate surface area is 219 Å². The molecule has 6 nitrogen and oxygen atoms in total. The topological polar surface area (TPSA) is 68.3 Å². The van der Waals surface area contributed by atoms with Crippen LogP contribution in [0.3, 0.4) is 0 Å². The molecule has 0 radical (unpaired) electrons. The fourth-order valence-electron chi connectivity index (χ4n) is 5.41. The maximum atomic E-state index is 14.9. The minimum atomic E-state index is -0.342. The van der Waals surface area contributed by atoms with Crippen molar-refractivity contribution >= 4 is 17.3 Å². The lowest BCUT2D eigenvalue weighted by molar-refractivity contribution is 0.0300. The fraction of sp³-hybridized carbons (Fsp3) is 0.643. The SMILES string of the molecule is COC[C@H](C)NC1CCC(Cc2cc(-c3cnc(Cl)c(NCC4(C)CCOCC4)c3)c(F)cn2)CC1. The Balaban J connectivity index is 1.39. The van der Waals surface area contributed by atoms with Gasteiger partial charge in [-0.3, -0.25) is 4.98 Å². The highest BCUT2D eigenvalue weighted by Crippen LogP contribution is 2.34. The monoisotopic (exact) mass is 518 g/mol. The summed E-state index contributed by atoms with van der Waals surface area (Å²) in [5.41, 5.74) is 3.03. The molecule has 2 N–H and O–H groups in total. The third-order valence-electron chi connectivity index (χ3n) is 7.75. The lowest BCUT2D eigenvalue weighted by atomic mass is 9.82. The van der Waals surface area contributed by atoms with Crippen molar-refractivity contribution in [2.75, 3.05) is 38.8 Å². The number of ether oxygens (including phenoxy) is 2. The van der Waals surface area contributed by atoms with Crippen LogP contribution in [0.25, 0.3) is 11.1 Å². The van der Waals surface area contributed by atoms with E-state index in [9.17, 15) is 4.39 Å². The summed E-state index contributed by atoms with van der Waals surface area (Å²) in [6, 6.07) is 4.69. The highest BCUT2D eigenvalue weighted by molar-refractivity contribution is 6.32. The first kappa shape index (κ1) is 27.2. The number of hydrogen-bond acceptors (Lipinski definition) is 6. The molecular formula is C28H40ClFN4O2. The molecule has 1 aliphatic carbocycles. The molecule has 2 aliphatic rings. The summed E-state index contributed by atoms with van der Waals surface area (Å²) in [5, 5.41) is 7.52. The van der Waals surface area contributed by atoms with Crippen LogP contribution in [-0.2, 0) is 15.9 Å². The van der Waals surface area contributed by atoms with E-state index in [0.29, 0.717) is 34.3 Å². The van der Waals surface area contributed by atoms with E-state index in [0.717, 1.165) is 82.7 Å². The van der Waals surface area contributed by atoms with Gasteiger partial charge in [-0.2, -0.15) is 0 Å². The molecule has 1 aliphatic heterocycles. The zero-order valence-corrected chi connectivity index (χ0v) is 22.5. The van der Waals surface area contributed by atoms with E-state index in [1.165, 1.54) is 6.20 Å². The first-order valence-corrected chi connectivity index (χ1v) is 13.6. The molecule has 0 aromatic carbocycles. The number of hydrogen-bond donors (Lipinski definition) is 2. The van der Waals surface area contributed by atoms with Crippen molar-refractivity contribution in [1.29, 1.82) is 0 Å². The van der Waals surface area contributed by atoms with Gasteiger partial charge in [0.05, 0.1) is 18.5 Å². The standard InChI is InChI=1S/C28H40ClFN4O2/c1-19(17-35-3)34-22-6-4-20(5-7-22)12-23-14-24(25(30)16-31-23)21-13-26(27(29)32-15-21)33-18-28(2)8-10-36-11-9-28/h13-16,19-20,22,33-34H,4-12,17-18H2,1-3H3/t19-,20?,22?/m0/s1. The van der Waals surface area contributed by atoms with Crippen molar-refractivity contribution < 1.29 is 13.9 Å². The minimum Gasteiger partial charge on any atom is -0.383 e. The van der Waals surface area contributed by atoms with Crippen LogP contribution in [0.1, 0.15) is 58.1 Å². The Bertz CT molecular complexity index is 994. The van der Waals surface area contributed by atoms with Crippen molar-refractivity contribution in [3.8, 4) is 11.1 Å². The summed E-state index contributed by atoms with van der Waals surface area (Å²) in [6.07, 6.45) is 10.4. The normalized spacial score (nSPS) is 22.8. The molecule has 1 atom stereocenters. The molecule has 0 bridgehead atoms. The van der Waals surface area contributed by atoms with Crippen LogP contribution in [-0.4, -0.2) is 55.5 Å². The van der Waals surface area contributed by atoms with Gasteiger partial charge < -0.3 is 20.1 Å². The van der Waals surface area contributed by atoms with Crippen LogP contribution < -0.4 is 10.6 Å². The van der Waals surface area contributed by atoms with E-state index < -0.39 is 0 Å². The van der Waals surface area contributed by atoms with Gasteiger partial charge in [-0.05, 0) is 75.3 Å². The van der Waals surface area contributed by atoms with E-state index >= 15 is 0 Å². The maximum Gasteiger partial charge on any atom is 0.152 e. The predicted octanol–water partition coefficient (Wildman–Crippen LogP) is 5.89. The maximum absolute atomic E-state index is 14.9. The second-order valence-electron chi connectivity index (χ2n) is 10.9. The predicted molar refractivity (Wildman–Crippen MR) is 143 cm³/mol. The summed E-state index contributed by atoms with van der Waals surface area (Å²) in [4.78, 5) is 8.76. The van der Waals surface area contributed by atoms with Crippen LogP contribution >= 0.6 is 11.6 Å². The number of halogens is 2. The second kappa shape index (κ2) is 12.6. The molecule has 198 valence electrons. The first-order chi connectivity index (χ1) is 17.3. The smallest absolute Gasteiger partial charge is 0.152 e. The highest BCUT2D eigenvalue weighted by atomic mass is 35.5. The van der Waals surface area contributed by atoms with Crippen molar-refractivity contribution in [2.45, 2.75) is 70.9 Å². The first-order valence-electron chi connectivity index (χ1n) is 13.2. The van der Waals surface area contributed by atoms with Crippen molar-refractivity contribution in [2.24, 2.45) is 11.3 Å². The third kappa shape index (κ3) is 7.37. The number of rotatable bonds is 10. The van der Waals surface area contributed by atoms with Crippen molar-refractivity contribution in [3.63, 3.8) is 0 Å². The lowest BCUT2D eigenvalue weighted by Crippen LogP contribution is -2.41. The molecule has 8 heteroatoms. The quantitative estimate of drug-likeness (QED) is 0.382. The largest absolute Gasteiger partial charge is 0.383 e. The Morgan fingerprint density at radius 1 is 1.17 bits per heavy atom. The summed E-state index contributed by atoms with van der Waals surface area (Å²) < 4.78 is 25.6. The molecule has 2 fully saturated rings. The molecule has 2 aromatic heterocycles. The van der Waals surface area contributed by atoms with Crippen LogP contribution in [0.5, 0.6) is 0 Å². The Morgan fingerprint density at radius 3 is 2.64 bits per heavy atom.